The molecule has 2 atom stereocenters. The third-order valence-corrected chi connectivity index (χ3v) is 7.83. The molecule has 6 nitrogen and oxygen atoms in total. The number of hydrogen-bond donors (Lipinski definition) is 1. The highest BCUT2D eigenvalue weighted by atomic mass is 35.5. The van der Waals surface area contributed by atoms with Gasteiger partial charge in [-0.3, -0.25) is 0 Å². The summed E-state index contributed by atoms with van der Waals surface area (Å²) in [7, 11) is 1.68. The molecule has 0 fully saturated rings. The lowest BCUT2D eigenvalue weighted by Gasteiger charge is -2.23. The second kappa shape index (κ2) is 11.7. The molecule has 0 aliphatic carbocycles. The summed E-state index contributed by atoms with van der Waals surface area (Å²) in [5, 5.41) is 1.03. The van der Waals surface area contributed by atoms with Crippen molar-refractivity contribution in [2.24, 2.45) is 0 Å². The Bertz CT molecular complexity index is 1750. The Kier molecular flexibility index (Phi) is 7.68. The van der Waals surface area contributed by atoms with Gasteiger partial charge < -0.3 is 19.2 Å². The van der Waals surface area contributed by atoms with Crippen LogP contribution in [0.4, 0.5) is 0 Å². The first-order valence-electron chi connectivity index (χ1n) is 13.1. The van der Waals surface area contributed by atoms with Crippen molar-refractivity contribution in [3.63, 3.8) is 0 Å². The molecule has 0 amide bonds. The minimum absolute atomic E-state index is 0.429. The average molecular weight is 570 g/mol. The molecule has 0 bridgehead atoms. The largest absolute Gasteiger partial charge is 0.496 e. The van der Waals surface area contributed by atoms with Crippen LogP contribution in [0.2, 0.25) is 0 Å². The normalized spacial score (nSPS) is 13.0. The van der Waals surface area contributed by atoms with Crippen LogP contribution in [0.5, 0.6) is 11.5 Å². The number of hydrogen-bond acceptors (Lipinski definition) is 6. The molecule has 1 N–H and O–H groups in total. The Hall–Kier alpha value is -3.91. The van der Waals surface area contributed by atoms with Crippen LogP contribution in [0.25, 0.3) is 33.1 Å². The van der Waals surface area contributed by atoms with Crippen molar-refractivity contribution < 1.29 is 14.2 Å². The van der Waals surface area contributed by atoms with Crippen LogP contribution in [-0.4, -0.2) is 27.4 Å². The maximum absolute atomic E-state index is 6.91. The van der Waals surface area contributed by atoms with Crippen LogP contribution in [0.15, 0.2) is 91.0 Å². The van der Waals surface area contributed by atoms with Gasteiger partial charge in [-0.25, -0.2) is 0 Å². The van der Waals surface area contributed by atoms with Crippen molar-refractivity contribution in [1.29, 1.82) is 0 Å². The SMILES string of the molecule is CCOc1ccc2[nH]c(C(Cc3ccccc3OC)OC(Cl)c3ccccc3)c(-c3ccc4nsnc4c3)c2c1. The number of nitrogens with one attached hydrogen (secondary N) is 1. The van der Waals surface area contributed by atoms with E-state index in [-0.39, 0.29) is 0 Å². The van der Waals surface area contributed by atoms with Crippen molar-refractivity contribution in [1.82, 2.24) is 13.7 Å². The maximum atomic E-state index is 6.91. The summed E-state index contributed by atoms with van der Waals surface area (Å²) < 4.78 is 27.2. The fourth-order valence-electron chi connectivity index (χ4n) is 5.06. The summed E-state index contributed by atoms with van der Waals surface area (Å²) in [6.45, 7) is 2.57. The molecule has 202 valence electrons. The van der Waals surface area contributed by atoms with E-state index in [0.29, 0.717) is 13.0 Å². The lowest BCUT2D eigenvalue weighted by Crippen LogP contribution is -2.12. The molecular formula is C32H28ClN3O3S. The van der Waals surface area contributed by atoms with Gasteiger partial charge in [0.2, 0.25) is 0 Å². The van der Waals surface area contributed by atoms with Gasteiger partial charge >= 0.3 is 0 Å². The number of rotatable bonds is 10. The summed E-state index contributed by atoms with van der Waals surface area (Å²) in [5.41, 5.74) is 6.89. The van der Waals surface area contributed by atoms with E-state index >= 15 is 0 Å². The van der Waals surface area contributed by atoms with Crippen LogP contribution < -0.4 is 9.47 Å². The maximum Gasteiger partial charge on any atom is 0.157 e. The number of fused-ring (bicyclic) bond motifs is 2. The molecule has 0 saturated carbocycles. The predicted molar refractivity (Wildman–Crippen MR) is 161 cm³/mol. The average Bonchev–Trinajstić information content (AvgIpc) is 3.61. The van der Waals surface area contributed by atoms with E-state index in [1.807, 2.05) is 73.7 Å². The Morgan fingerprint density at radius 3 is 2.52 bits per heavy atom. The third-order valence-electron chi connectivity index (χ3n) is 6.92. The van der Waals surface area contributed by atoms with Gasteiger partial charge in [0, 0.05) is 22.9 Å². The first-order chi connectivity index (χ1) is 19.6. The Labute approximate surface area is 241 Å². The second-order valence-corrected chi connectivity index (χ2v) is 10.3. The molecule has 8 heteroatoms. The van der Waals surface area contributed by atoms with E-state index in [0.717, 1.165) is 61.4 Å². The van der Waals surface area contributed by atoms with Crippen LogP contribution in [0.1, 0.15) is 35.4 Å². The molecule has 2 aromatic heterocycles. The van der Waals surface area contributed by atoms with Crippen molar-refractivity contribution in [2.45, 2.75) is 25.0 Å². The van der Waals surface area contributed by atoms with Crippen LogP contribution in [-0.2, 0) is 11.2 Å². The monoisotopic (exact) mass is 569 g/mol. The highest BCUT2D eigenvalue weighted by molar-refractivity contribution is 7.00. The van der Waals surface area contributed by atoms with Crippen molar-refractivity contribution in [3.05, 3.63) is 108 Å². The number of methoxy groups -OCH3 is 1. The zero-order valence-corrected chi connectivity index (χ0v) is 23.7. The molecule has 0 saturated heterocycles. The number of aromatic nitrogens is 3. The number of para-hydroxylation sites is 1. The minimum Gasteiger partial charge on any atom is -0.496 e. The number of H-pyrrole nitrogens is 1. The summed E-state index contributed by atoms with van der Waals surface area (Å²) >= 11 is 8.12. The van der Waals surface area contributed by atoms with Gasteiger partial charge in [-0.2, -0.15) is 8.75 Å². The van der Waals surface area contributed by atoms with Gasteiger partial charge in [-0.1, -0.05) is 66.2 Å². The van der Waals surface area contributed by atoms with E-state index < -0.39 is 11.7 Å². The van der Waals surface area contributed by atoms with Crippen molar-refractivity contribution >= 4 is 45.3 Å². The lowest BCUT2D eigenvalue weighted by atomic mass is 9.96. The Balaban J connectivity index is 1.53. The number of halogens is 1. The smallest absolute Gasteiger partial charge is 0.157 e. The fourth-order valence-corrected chi connectivity index (χ4v) is 5.84. The summed E-state index contributed by atoms with van der Waals surface area (Å²) in [6, 6.07) is 30.1. The molecular weight excluding hydrogens is 542 g/mol. The van der Waals surface area contributed by atoms with Gasteiger partial charge in [0.25, 0.3) is 0 Å². The Morgan fingerprint density at radius 1 is 0.900 bits per heavy atom. The topological polar surface area (TPSA) is 69.3 Å². The molecule has 40 heavy (non-hydrogen) atoms. The zero-order chi connectivity index (χ0) is 27.5. The van der Waals surface area contributed by atoms with Gasteiger partial charge in [-0.05, 0) is 60.0 Å². The predicted octanol–water partition coefficient (Wildman–Crippen LogP) is 8.48. The number of alkyl halides is 1. The van der Waals surface area contributed by atoms with E-state index in [1.165, 1.54) is 11.7 Å². The highest BCUT2D eigenvalue weighted by Crippen LogP contribution is 2.43. The number of nitrogens with zero attached hydrogens (tertiary/aromatic N) is 2. The molecule has 0 spiro atoms. The standard InChI is InChI=1S/C32H28ClN3O3S/c1-3-38-23-14-16-25-24(19-23)30(22-13-15-26-27(17-22)36-40-35-26)31(34-25)29(18-21-11-7-8-12-28(21)37-2)39-32(33)20-9-5-4-6-10-20/h4-17,19,29,32,34H,3,18H2,1-2H3. The quantitative estimate of drug-likeness (QED) is 0.167. The van der Waals surface area contributed by atoms with Crippen LogP contribution in [0, 0.1) is 0 Å². The first-order valence-corrected chi connectivity index (χ1v) is 14.3. The van der Waals surface area contributed by atoms with Crippen molar-refractivity contribution in [2.75, 3.05) is 13.7 Å². The highest BCUT2D eigenvalue weighted by Gasteiger charge is 2.27. The third kappa shape index (κ3) is 5.28. The van der Waals surface area contributed by atoms with Gasteiger partial charge in [0.05, 0.1) is 31.1 Å². The van der Waals surface area contributed by atoms with Crippen LogP contribution >= 0.6 is 23.3 Å². The van der Waals surface area contributed by atoms with Crippen molar-refractivity contribution in [3.8, 4) is 22.6 Å². The van der Waals surface area contributed by atoms with Gasteiger partial charge in [0.1, 0.15) is 28.6 Å². The number of aromatic amines is 1. The zero-order valence-electron chi connectivity index (χ0n) is 22.1. The summed E-state index contributed by atoms with van der Waals surface area (Å²) in [5.74, 6) is 1.60. The fraction of sp³-hybridized carbons (Fsp3) is 0.188. The molecule has 0 radical (unpaired) electrons. The molecule has 0 aliphatic heterocycles. The molecule has 0 aliphatic rings. The molecule has 6 rings (SSSR count). The molecule has 6 aromatic rings. The Morgan fingerprint density at radius 2 is 1.70 bits per heavy atom. The summed E-state index contributed by atoms with van der Waals surface area (Å²) in [6.07, 6.45) is 0.111. The van der Waals surface area contributed by atoms with Gasteiger partial charge in [0.15, 0.2) is 5.56 Å². The number of ether oxygens (including phenoxy) is 3. The van der Waals surface area contributed by atoms with E-state index in [2.05, 4.69) is 38.0 Å². The molecule has 4 aromatic carbocycles. The number of benzene rings is 4. The van der Waals surface area contributed by atoms with E-state index in [9.17, 15) is 0 Å². The van der Waals surface area contributed by atoms with Gasteiger partial charge in [-0.15, -0.1) is 0 Å². The first kappa shape index (κ1) is 26.3. The lowest BCUT2D eigenvalue weighted by molar-refractivity contribution is 0.0273. The van der Waals surface area contributed by atoms with E-state index in [4.69, 9.17) is 25.8 Å². The van der Waals surface area contributed by atoms with E-state index in [1.54, 1.807) is 7.11 Å². The minimum atomic E-state index is -0.663. The van der Waals surface area contributed by atoms with Crippen LogP contribution in [0.3, 0.4) is 0 Å². The summed E-state index contributed by atoms with van der Waals surface area (Å²) in [4.78, 5) is 3.68. The molecule has 2 unspecified atom stereocenters. The second-order valence-electron chi connectivity index (χ2n) is 9.39. The molecule has 2 heterocycles.